The van der Waals surface area contributed by atoms with E-state index in [-0.39, 0.29) is 16.9 Å². The van der Waals surface area contributed by atoms with E-state index in [1.54, 1.807) is 14.0 Å². The number of benzene rings is 1. The van der Waals surface area contributed by atoms with E-state index in [0.717, 1.165) is 11.1 Å². The molecular formula is C16H16N2O2. The molecule has 4 nitrogen and oxygen atoms in total. The van der Waals surface area contributed by atoms with Gasteiger partial charge >= 0.3 is 0 Å². The van der Waals surface area contributed by atoms with Crippen molar-refractivity contribution in [2.75, 3.05) is 0 Å². The van der Waals surface area contributed by atoms with E-state index in [9.17, 15) is 9.90 Å². The molecule has 2 rings (SSSR count). The molecule has 0 bridgehead atoms. The molecule has 1 aromatic carbocycles. The number of hydrogen-bond donors (Lipinski definition) is 1. The van der Waals surface area contributed by atoms with Crippen molar-refractivity contribution < 1.29 is 5.11 Å². The zero-order valence-electron chi connectivity index (χ0n) is 12.0. The molecule has 0 aliphatic heterocycles. The molecule has 20 heavy (non-hydrogen) atoms. The molecule has 0 amide bonds. The number of aryl methyl sites for hydroxylation is 4. The quantitative estimate of drug-likeness (QED) is 0.805. The van der Waals surface area contributed by atoms with Gasteiger partial charge in [0.05, 0.1) is 5.56 Å². The topological polar surface area (TPSA) is 55.1 Å². The van der Waals surface area contributed by atoms with E-state index in [2.05, 4.69) is 11.0 Å². The highest BCUT2D eigenvalue weighted by Crippen LogP contribution is 2.33. The summed E-state index contributed by atoms with van der Waals surface area (Å²) in [5.74, 6) is 2.48. The monoisotopic (exact) mass is 268 g/mol. The molecule has 0 spiro atoms. The highest BCUT2D eigenvalue weighted by Gasteiger charge is 2.19. The molecule has 0 saturated carbocycles. The number of aromatic hydroxyl groups is 1. The first-order chi connectivity index (χ1) is 9.36. The van der Waals surface area contributed by atoms with E-state index in [0.29, 0.717) is 16.8 Å². The van der Waals surface area contributed by atoms with Crippen LogP contribution in [0.2, 0.25) is 0 Å². The zero-order chi connectivity index (χ0) is 15.0. The van der Waals surface area contributed by atoms with Gasteiger partial charge in [-0.2, -0.15) is 5.10 Å². The summed E-state index contributed by atoms with van der Waals surface area (Å²) in [6.45, 7) is 5.46. The van der Waals surface area contributed by atoms with E-state index in [1.165, 1.54) is 4.68 Å². The van der Waals surface area contributed by atoms with Crippen LogP contribution < -0.4 is 5.56 Å². The van der Waals surface area contributed by atoms with Crippen molar-refractivity contribution >= 4 is 0 Å². The minimum atomic E-state index is -0.364. The lowest BCUT2D eigenvalue weighted by molar-refractivity contribution is 0.460. The van der Waals surface area contributed by atoms with Crippen molar-refractivity contribution in [1.82, 2.24) is 9.78 Å². The summed E-state index contributed by atoms with van der Waals surface area (Å²) < 4.78 is 1.21. The van der Waals surface area contributed by atoms with Gasteiger partial charge in [-0.1, -0.05) is 12.0 Å². The van der Waals surface area contributed by atoms with Crippen LogP contribution in [0.3, 0.4) is 0 Å². The Morgan fingerprint density at radius 1 is 1.25 bits per heavy atom. The third-order valence-corrected chi connectivity index (χ3v) is 3.27. The fraction of sp³-hybridized carbons (Fsp3) is 0.250. The summed E-state index contributed by atoms with van der Waals surface area (Å²) in [6, 6.07) is 3.77. The van der Waals surface area contributed by atoms with Crippen molar-refractivity contribution in [2.45, 2.75) is 20.8 Å². The van der Waals surface area contributed by atoms with Crippen LogP contribution in [0.25, 0.3) is 11.1 Å². The standard InChI is InChI=1S/C16H16N2O2/c1-6-12-8-9(2)7-10(3)13(12)14-15(19)11(4)17-18(5)16(14)20/h1,7-8,19H,2-5H3. The molecule has 2 aromatic rings. The molecule has 0 unspecified atom stereocenters. The van der Waals surface area contributed by atoms with E-state index in [4.69, 9.17) is 6.42 Å². The number of terminal acetylenes is 1. The molecule has 0 aliphatic rings. The normalized spacial score (nSPS) is 10.3. The lowest BCUT2D eigenvalue weighted by Gasteiger charge is -2.13. The average molecular weight is 268 g/mol. The second-order valence-corrected chi connectivity index (χ2v) is 4.89. The molecule has 0 atom stereocenters. The molecule has 102 valence electrons. The maximum absolute atomic E-state index is 12.3. The SMILES string of the molecule is C#Cc1cc(C)cc(C)c1-c1c(O)c(C)nn(C)c1=O. The Morgan fingerprint density at radius 3 is 2.50 bits per heavy atom. The van der Waals surface area contributed by atoms with Gasteiger partial charge in [-0.15, -0.1) is 6.42 Å². The van der Waals surface area contributed by atoms with Crippen LogP contribution in [-0.4, -0.2) is 14.9 Å². The zero-order valence-corrected chi connectivity index (χ0v) is 12.0. The first kappa shape index (κ1) is 13.9. The van der Waals surface area contributed by atoms with Crippen molar-refractivity contribution in [3.8, 4) is 29.2 Å². The predicted octanol–water partition coefficient (Wildman–Crippen LogP) is 2.06. The Hall–Kier alpha value is -2.54. The minimum Gasteiger partial charge on any atom is -0.505 e. The third kappa shape index (κ3) is 2.08. The summed E-state index contributed by atoms with van der Waals surface area (Å²) >= 11 is 0. The highest BCUT2D eigenvalue weighted by atomic mass is 16.3. The molecule has 1 N–H and O–H groups in total. The van der Waals surface area contributed by atoms with Crippen LogP contribution in [0, 0.1) is 33.1 Å². The van der Waals surface area contributed by atoms with Crippen LogP contribution in [0.5, 0.6) is 5.75 Å². The molecular weight excluding hydrogens is 252 g/mol. The van der Waals surface area contributed by atoms with Gasteiger partial charge in [-0.05, 0) is 38.0 Å². The molecule has 0 aliphatic carbocycles. The fourth-order valence-electron chi connectivity index (χ4n) is 2.40. The van der Waals surface area contributed by atoms with Crippen molar-refractivity contribution in [3.63, 3.8) is 0 Å². The number of hydrogen-bond acceptors (Lipinski definition) is 3. The van der Waals surface area contributed by atoms with Gasteiger partial charge in [-0.3, -0.25) is 4.79 Å². The summed E-state index contributed by atoms with van der Waals surface area (Å²) in [5, 5.41) is 14.2. The summed E-state index contributed by atoms with van der Waals surface area (Å²) in [7, 11) is 1.55. The molecule has 0 saturated heterocycles. The summed E-state index contributed by atoms with van der Waals surface area (Å²) in [5.41, 5.74) is 3.31. The van der Waals surface area contributed by atoms with Gasteiger partial charge in [0.1, 0.15) is 5.69 Å². The predicted molar refractivity (Wildman–Crippen MR) is 78.7 cm³/mol. The Labute approximate surface area is 117 Å². The van der Waals surface area contributed by atoms with Crippen molar-refractivity contribution in [2.24, 2.45) is 7.05 Å². The lowest BCUT2D eigenvalue weighted by atomic mass is 9.93. The molecule has 1 aromatic heterocycles. The Kier molecular flexibility index (Phi) is 3.37. The van der Waals surface area contributed by atoms with E-state index < -0.39 is 0 Å². The first-order valence-corrected chi connectivity index (χ1v) is 6.22. The first-order valence-electron chi connectivity index (χ1n) is 6.22. The second kappa shape index (κ2) is 4.86. The van der Waals surface area contributed by atoms with Gasteiger partial charge in [0.2, 0.25) is 0 Å². The minimum absolute atomic E-state index is 0.114. The Balaban J connectivity index is 2.97. The highest BCUT2D eigenvalue weighted by molar-refractivity contribution is 5.78. The van der Waals surface area contributed by atoms with Crippen LogP contribution in [0.15, 0.2) is 16.9 Å². The van der Waals surface area contributed by atoms with Crippen molar-refractivity contribution in [1.29, 1.82) is 0 Å². The van der Waals surface area contributed by atoms with Crippen molar-refractivity contribution in [3.05, 3.63) is 44.9 Å². The van der Waals surface area contributed by atoms with Gasteiger partial charge in [0, 0.05) is 18.2 Å². The largest absolute Gasteiger partial charge is 0.505 e. The molecule has 0 fully saturated rings. The maximum Gasteiger partial charge on any atom is 0.278 e. The lowest BCUT2D eigenvalue weighted by Crippen LogP contribution is -2.23. The Bertz CT molecular complexity index is 796. The molecule has 4 heteroatoms. The van der Waals surface area contributed by atoms with Crippen LogP contribution in [0.4, 0.5) is 0 Å². The van der Waals surface area contributed by atoms with Crippen LogP contribution in [0.1, 0.15) is 22.4 Å². The smallest absolute Gasteiger partial charge is 0.278 e. The van der Waals surface area contributed by atoms with Crippen LogP contribution in [-0.2, 0) is 7.05 Å². The number of nitrogens with zero attached hydrogens (tertiary/aromatic N) is 2. The van der Waals surface area contributed by atoms with Gasteiger partial charge in [0.15, 0.2) is 5.75 Å². The van der Waals surface area contributed by atoms with E-state index >= 15 is 0 Å². The maximum atomic E-state index is 12.3. The summed E-state index contributed by atoms with van der Waals surface area (Å²) in [4.78, 5) is 12.3. The number of rotatable bonds is 1. The second-order valence-electron chi connectivity index (χ2n) is 4.89. The third-order valence-electron chi connectivity index (χ3n) is 3.27. The molecule has 0 radical (unpaired) electrons. The van der Waals surface area contributed by atoms with Gasteiger partial charge in [-0.25, -0.2) is 4.68 Å². The Morgan fingerprint density at radius 2 is 1.90 bits per heavy atom. The molecule has 1 heterocycles. The fourth-order valence-corrected chi connectivity index (χ4v) is 2.40. The summed E-state index contributed by atoms with van der Waals surface area (Å²) in [6.07, 6.45) is 5.55. The van der Waals surface area contributed by atoms with Gasteiger partial charge < -0.3 is 5.11 Å². The van der Waals surface area contributed by atoms with Crippen LogP contribution >= 0.6 is 0 Å². The van der Waals surface area contributed by atoms with E-state index in [1.807, 2.05) is 26.0 Å². The number of aromatic nitrogens is 2. The average Bonchev–Trinajstić information content (AvgIpc) is 2.38. The van der Waals surface area contributed by atoms with Gasteiger partial charge in [0.25, 0.3) is 5.56 Å².